The maximum Gasteiger partial charge on any atom is 0.331 e. The van der Waals surface area contributed by atoms with Crippen LogP contribution in [0.2, 0.25) is 0 Å². The summed E-state index contributed by atoms with van der Waals surface area (Å²) in [6.07, 6.45) is 2.98. The maximum absolute atomic E-state index is 12.3. The molecular formula is C28H33N3O5. The number of hydrogen-bond donors (Lipinski definition) is 1. The Balaban J connectivity index is 1.55. The summed E-state index contributed by atoms with van der Waals surface area (Å²) in [7, 11) is 0. The lowest BCUT2D eigenvalue weighted by atomic mass is 10.1. The first-order valence-corrected chi connectivity index (χ1v) is 11.9. The van der Waals surface area contributed by atoms with E-state index >= 15 is 0 Å². The number of rotatable bonds is 11. The average molecular weight is 492 g/mol. The molecule has 0 bridgehead atoms. The number of carbonyl (C=O) groups is 2. The van der Waals surface area contributed by atoms with E-state index in [9.17, 15) is 9.59 Å². The minimum Gasteiger partial charge on any atom is -0.490 e. The zero-order valence-electron chi connectivity index (χ0n) is 21.5. The van der Waals surface area contributed by atoms with Crippen molar-refractivity contribution in [2.75, 3.05) is 25.1 Å². The predicted octanol–water partition coefficient (Wildman–Crippen LogP) is 4.85. The molecule has 1 N–H and O–H groups in total. The fourth-order valence-electron chi connectivity index (χ4n) is 3.63. The third kappa shape index (κ3) is 7.21. The Morgan fingerprint density at radius 2 is 1.67 bits per heavy atom. The number of amides is 1. The molecule has 2 aromatic carbocycles. The summed E-state index contributed by atoms with van der Waals surface area (Å²) in [6.45, 7) is 10.8. The van der Waals surface area contributed by atoms with E-state index in [-0.39, 0.29) is 0 Å². The summed E-state index contributed by atoms with van der Waals surface area (Å²) in [5.41, 5.74) is 5.47. The van der Waals surface area contributed by atoms with Crippen molar-refractivity contribution in [3.63, 3.8) is 0 Å². The molecular weight excluding hydrogens is 458 g/mol. The molecule has 0 aliphatic heterocycles. The highest BCUT2D eigenvalue weighted by Gasteiger charge is 2.12. The van der Waals surface area contributed by atoms with E-state index in [2.05, 4.69) is 41.6 Å². The smallest absolute Gasteiger partial charge is 0.331 e. The standard InChI is InChI=1S/C28H33N3O5/c1-6-34-25-14-12-23(16-26(25)35-7-2)29-27(32)18-36-28(33)15-13-24-20(4)30-31(21(24)5)17-22-10-8-19(3)9-11-22/h8-16H,6-7,17-18H2,1-5H3,(H,29,32)/b15-13+. The normalized spacial score (nSPS) is 10.9. The molecule has 0 aliphatic carbocycles. The number of aromatic nitrogens is 2. The van der Waals surface area contributed by atoms with Gasteiger partial charge >= 0.3 is 5.97 Å². The van der Waals surface area contributed by atoms with Crippen LogP contribution < -0.4 is 14.8 Å². The van der Waals surface area contributed by atoms with Crippen LogP contribution >= 0.6 is 0 Å². The lowest BCUT2D eigenvalue weighted by molar-refractivity contribution is -0.142. The Bertz CT molecular complexity index is 1230. The second-order valence-electron chi connectivity index (χ2n) is 8.24. The second kappa shape index (κ2) is 12.6. The second-order valence-corrected chi connectivity index (χ2v) is 8.24. The number of anilines is 1. The molecule has 1 amide bonds. The SMILES string of the molecule is CCOc1ccc(NC(=O)COC(=O)/C=C/c2c(C)nn(Cc3ccc(C)cc3)c2C)cc1OCC. The first kappa shape index (κ1) is 26.5. The van der Waals surface area contributed by atoms with Crippen LogP contribution in [0.25, 0.3) is 6.08 Å². The molecule has 0 spiro atoms. The number of aryl methyl sites for hydroxylation is 2. The van der Waals surface area contributed by atoms with Crippen molar-refractivity contribution in [1.82, 2.24) is 9.78 Å². The highest BCUT2D eigenvalue weighted by atomic mass is 16.5. The van der Waals surface area contributed by atoms with Gasteiger partial charge in [-0.25, -0.2) is 4.79 Å². The predicted molar refractivity (Wildman–Crippen MR) is 139 cm³/mol. The molecule has 0 atom stereocenters. The van der Waals surface area contributed by atoms with Gasteiger partial charge in [-0.05, 0) is 58.4 Å². The van der Waals surface area contributed by atoms with Crippen molar-refractivity contribution in [3.8, 4) is 11.5 Å². The van der Waals surface area contributed by atoms with Crippen molar-refractivity contribution in [1.29, 1.82) is 0 Å². The van der Waals surface area contributed by atoms with Gasteiger partial charge in [0.05, 0.1) is 25.5 Å². The molecule has 0 saturated carbocycles. The van der Waals surface area contributed by atoms with Gasteiger partial charge in [0.1, 0.15) is 0 Å². The molecule has 0 aliphatic rings. The van der Waals surface area contributed by atoms with Gasteiger partial charge in [0.25, 0.3) is 5.91 Å². The quantitative estimate of drug-likeness (QED) is 0.305. The number of ether oxygens (including phenoxy) is 3. The number of carbonyl (C=O) groups excluding carboxylic acids is 2. The molecule has 0 radical (unpaired) electrons. The van der Waals surface area contributed by atoms with Gasteiger partial charge < -0.3 is 19.5 Å². The van der Waals surface area contributed by atoms with Crippen molar-refractivity contribution in [3.05, 3.63) is 76.6 Å². The molecule has 1 aromatic heterocycles. The Labute approximate surface area is 211 Å². The van der Waals surface area contributed by atoms with Gasteiger partial charge in [0, 0.05) is 29.1 Å². The summed E-state index contributed by atoms with van der Waals surface area (Å²) in [4.78, 5) is 24.5. The van der Waals surface area contributed by atoms with Gasteiger partial charge in [0.15, 0.2) is 18.1 Å². The number of hydrogen-bond acceptors (Lipinski definition) is 6. The molecule has 36 heavy (non-hydrogen) atoms. The Morgan fingerprint density at radius 1 is 0.972 bits per heavy atom. The number of esters is 1. The highest BCUT2D eigenvalue weighted by molar-refractivity contribution is 5.95. The van der Waals surface area contributed by atoms with E-state index in [1.54, 1.807) is 24.3 Å². The van der Waals surface area contributed by atoms with E-state index in [1.807, 2.05) is 32.4 Å². The summed E-state index contributed by atoms with van der Waals surface area (Å²) in [5.74, 6) is 0.0611. The van der Waals surface area contributed by atoms with Gasteiger partial charge in [-0.3, -0.25) is 9.48 Å². The van der Waals surface area contributed by atoms with Crippen molar-refractivity contribution in [2.45, 2.75) is 41.2 Å². The van der Waals surface area contributed by atoms with Gasteiger partial charge in [-0.2, -0.15) is 5.10 Å². The van der Waals surface area contributed by atoms with Crippen LogP contribution in [0.5, 0.6) is 11.5 Å². The highest BCUT2D eigenvalue weighted by Crippen LogP contribution is 2.30. The van der Waals surface area contributed by atoms with Crippen LogP contribution in [0.3, 0.4) is 0 Å². The third-order valence-corrected chi connectivity index (χ3v) is 5.45. The molecule has 0 saturated heterocycles. The lowest BCUT2D eigenvalue weighted by Gasteiger charge is -2.13. The molecule has 3 aromatic rings. The molecule has 190 valence electrons. The van der Waals surface area contributed by atoms with Crippen molar-refractivity contribution in [2.24, 2.45) is 0 Å². The van der Waals surface area contributed by atoms with Gasteiger partial charge in [-0.15, -0.1) is 0 Å². The Hall–Kier alpha value is -4.07. The van der Waals surface area contributed by atoms with Crippen LogP contribution in [-0.2, 0) is 20.9 Å². The Kier molecular flexibility index (Phi) is 9.27. The molecule has 0 fully saturated rings. The monoisotopic (exact) mass is 491 g/mol. The van der Waals surface area contributed by atoms with Crippen LogP contribution in [0.1, 0.15) is 41.9 Å². The van der Waals surface area contributed by atoms with Gasteiger partial charge in [0.2, 0.25) is 0 Å². The zero-order valence-corrected chi connectivity index (χ0v) is 21.5. The first-order valence-electron chi connectivity index (χ1n) is 11.9. The van der Waals surface area contributed by atoms with Crippen molar-refractivity contribution < 1.29 is 23.8 Å². The maximum atomic E-state index is 12.3. The topological polar surface area (TPSA) is 91.7 Å². The lowest BCUT2D eigenvalue weighted by Crippen LogP contribution is -2.20. The van der Waals surface area contributed by atoms with Crippen LogP contribution in [-0.4, -0.2) is 41.5 Å². The van der Waals surface area contributed by atoms with E-state index in [0.717, 1.165) is 22.5 Å². The van der Waals surface area contributed by atoms with E-state index in [4.69, 9.17) is 14.2 Å². The molecule has 3 rings (SSSR count). The largest absolute Gasteiger partial charge is 0.490 e. The Morgan fingerprint density at radius 3 is 2.36 bits per heavy atom. The molecule has 1 heterocycles. The summed E-state index contributed by atoms with van der Waals surface area (Å²) >= 11 is 0. The van der Waals surface area contributed by atoms with E-state index < -0.39 is 18.5 Å². The fraction of sp³-hybridized carbons (Fsp3) is 0.321. The van der Waals surface area contributed by atoms with E-state index in [1.165, 1.54) is 11.6 Å². The minimum atomic E-state index is -0.614. The van der Waals surface area contributed by atoms with Crippen LogP contribution in [0.15, 0.2) is 48.5 Å². The number of benzene rings is 2. The van der Waals surface area contributed by atoms with Crippen LogP contribution in [0.4, 0.5) is 5.69 Å². The average Bonchev–Trinajstić information content (AvgIpc) is 3.11. The first-order chi connectivity index (χ1) is 17.3. The molecule has 0 unspecified atom stereocenters. The number of nitrogens with zero attached hydrogens (tertiary/aromatic N) is 2. The molecule has 8 heteroatoms. The minimum absolute atomic E-state index is 0.412. The summed E-state index contributed by atoms with van der Waals surface area (Å²) in [5, 5.41) is 7.29. The molecule has 8 nitrogen and oxygen atoms in total. The van der Waals surface area contributed by atoms with Crippen molar-refractivity contribution >= 4 is 23.6 Å². The van der Waals surface area contributed by atoms with E-state index in [0.29, 0.717) is 36.9 Å². The third-order valence-electron chi connectivity index (χ3n) is 5.45. The van der Waals surface area contributed by atoms with Crippen LogP contribution in [0, 0.1) is 20.8 Å². The summed E-state index contributed by atoms with van der Waals surface area (Å²) < 4.78 is 18.1. The number of nitrogens with one attached hydrogen (secondary N) is 1. The summed E-state index contributed by atoms with van der Waals surface area (Å²) in [6, 6.07) is 13.4. The van der Waals surface area contributed by atoms with Gasteiger partial charge in [-0.1, -0.05) is 29.8 Å². The fourth-order valence-corrected chi connectivity index (χ4v) is 3.63. The zero-order chi connectivity index (χ0) is 26.1.